The van der Waals surface area contributed by atoms with E-state index < -0.39 is 0 Å². The minimum absolute atomic E-state index is 0.132. The predicted octanol–water partition coefficient (Wildman–Crippen LogP) is 3.94. The maximum atomic E-state index is 9.67. The molecule has 0 aromatic carbocycles. The van der Waals surface area contributed by atoms with Crippen molar-refractivity contribution in [2.75, 3.05) is 0 Å². The van der Waals surface area contributed by atoms with Crippen molar-refractivity contribution < 1.29 is 5.11 Å². The van der Waals surface area contributed by atoms with Crippen molar-refractivity contribution in [3.05, 3.63) is 23.8 Å². The third-order valence-electron chi connectivity index (χ3n) is 4.46. The lowest BCUT2D eigenvalue weighted by atomic mass is 9.76. The molecule has 0 aromatic rings. The van der Waals surface area contributed by atoms with Crippen LogP contribution in [0.3, 0.4) is 0 Å². The summed E-state index contributed by atoms with van der Waals surface area (Å²) in [6, 6.07) is 0. The van der Waals surface area contributed by atoms with E-state index in [2.05, 4.69) is 52.8 Å². The summed E-state index contributed by atoms with van der Waals surface area (Å²) < 4.78 is 0. The zero-order valence-electron chi connectivity index (χ0n) is 11.5. The Bertz CT molecular complexity index is 305. The maximum Gasteiger partial charge on any atom is 0.0597 e. The summed E-state index contributed by atoms with van der Waals surface area (Å²) in [6.45, 7) is 12.8. The Hall–Kier alpha value is -0.560. The van der Waals surface area contributed by atoms with Gasteiger partial charge in [-0.1, -0.05) is 51.5 Å². The van der Waals surface area contributed by atoms with Crippen molar-refractivity contribution in [2.45, 2.75) is 54.1 Å². The van der Waals surface area contributed by atoms with Crippen molar-refractivity contribution in [2.24, 2.45) is 16.7 Å². The van der Waals surface area contributed by atoms with Crippen molar-refractivity contribution in [3.63, 3.8) is 0 Å². The summed E-state index contributed by atoms with van der Waals surface area (Å²) in [5.41, 5.74) is 1.62. The second kappa shape index (κ2) is 4.37. The van der Waals surface area contributed by atoms with Crippen LogP contribution in [-0.4, -0.2) is 11.2 Å². The number of rotatable bonds is 3. The second-order valence-corrected chi connectivity index (χ2v) is 6.31. The summed E-state index contributed by atoms with van der Waals surface area (Å²) in [7, 11) is 0. The molecule has 0 heterocycles. The highest BCUT2D eigenvalue weighted by Gasteiger charge is 2.33. The fourth-order valence-corrected chi connectivity index (χ4v) is 1.98. The fraction of sp³-hybridized carbons (Fsp3) is 0.733. The first-order valence-corrected chi connectivity index (χ1v) is 6.22. The Morgan fingerprint density at radius 2 is 2.06 bits per heavy atom. The molecule has 0 fully saturated rings. The molecule has 0 radical (unpaired) electrons. The zero-order chi connectivity index (χ0) is 12.6. The highest BCUT2D eigenvalue weighted by Crippen LogP contribution is 2.44. The third kappa shape index (κ3) is 2.57. The Labute approximate surface area is 100 Å². The lowest BCUT2D eigenvalue weighted by molar-refractivity contribution is 0.0989. The first-order chi connectivity index (χ1) is 7.18. The van der Waals surface area contributed by atoms with E-state index in [1.165, 1.54) is 5.57 Å². The predicted molar refractivity (Wildman–Crippen MR) is 70.2 cm³/mol. The highest BCUT2D eigenvalue weighted by molar-refractivity contribution is 5.22. The maximum absolute atomic E-state index is 9.67. The van der Waals surface area contributed by atoms with Crippen LogP contribution in [-0.2, 0) is 0 Å². The molecule has 0 aliphatic heterocycles. The van der Waals surface area contributed by atoms with Gasteiger partial charge < -0.3 is 5.11 Å². The van der Waals surface area contributed by atoms with Crippen molar-refractivity contribution in [1.82, 2.24) is 0 Å². The van der Waals surface area contributed by atoms with Crippen LogP contribution in [0.5, 0.6) is 0 Å². The molecule has 1 heteroatoms. The number of aliphatic hydroxyl groups excluding tert-OH is 1. The first-order valence-electron chi connectivity index (χ1n) is 6.22. The summed E-state index contributed by atoms with van der Waals surface area (Å²) in [5.74, 6) is 0.575. The Morgan fingerprint density at radius 1 is 1.50 bits per heavy atom. The van der Waals surface area contributed by atoms with E-state index in [0.29, 0.717) is 5.92 Å². The number of hydrogen-bond acceptors (Lipinski definition) is 1. The standard InChI is InChI=1S/C15H26O/c1-11-7-8-13(15(11,5)6)9-10-14(3,4)12(2)16/h7,9-10,12-13,16H,8H2,1-6H3/b10-9+. The van der Waals surface area contributed by atoms with Crippen LogP contribution < -0.4 is 0 Å². The van der Waals surface area contributed by atoms with Gasteiger partial charge in [-0.25, -0.2) is 0 Å². The molecule has 0 amide bonds. The van der Waals surface area contributed by atoms with Gasteiger partial charge in [0, 0.05) is 5.41 Å². The van der Waals surface area contributed by atoms with E-state index in [1.807, 2.05) is 6.92 Å². The number of aliphatic hydroxyl groups is 1. The molecule has 1 nitrogen and oxygen atoms in total. The monoisotopic (exact) mass is 222 g/mol. The van der Waals surface area contributed by atoms with Crippen molar-refractivity contribution in [3.8, 4) is 0 Å². The fourth-order valence-electron chi connectivity index (χ4n) is 1.98. The summed E-state index contributed by atoms with van der Waals surface area (Å²) in [5, 5.41) is 9.67. The first kappa shape index (κ1) is 13.5. The highest BCUT2D eigenvalue weighted by atomic mass is 16.3. The van der Waals surface area contributed by atoms with Gasteiger partial charge in [-0.05, 0) is 31.6 Å². The molecule has 0 saturated carbocycles. The summed E-state index contributed by atoms with van der Waals surface area (Å²) in [6.07, 6.45) is 7.63. The lowest BCUT2D eigenvalue weighted by Crippen LogP contribution is -2.25. The topological polar surface area (TPSA) is 20.2 Å². The zero-order valence-corrected chi connectivity index (χ0v) is 11.5. The van der Waals surface area contributed by atoms with Gasteiger partial charge in [0.25, 0.3) is 0 Å². The molecule has 0 bridgehead atoms. The molecule has 16 heavy (non-hydrogen) atoms. The van der Waals surface area contributed by atoms with Crippen LogP contribution in [0.1, 0.15) is 48.0 Å². The molecular weight excluding hydrogens is 196 g/mol. The van der Waals surface area contributed by atoms with E-state index in [-0.39, 0.29) is 16.9 Å². The van der Waals surface area contributed by atoms with Crippen molar-refractivity contribution >= 4 is 0 Å². The average molecular weight is 222 g/mol. The van der Waals surface area contributed by atoms with Crippen LogP contribution in [0, 0.1) is 16.7 Å². The van der Waals surface area contributed by atoms with E-state index >= 15 is 0 Å². The van der Waals surface area contributed by atoms with Crippen LogP contribution in [0.4, 0.5) is 0 Å². The van der Waals surface area contributed by atoms with Crippen LogP contribution >= 0.6 is 0 Å². The van der Waals surface area contributed by atoms with Crippen molar-refractivity contribution in [1.29, 1.82) is 0 Å². The summed E-state index contributed by atoms with van der Waals surface area (Å²) >= 11 is 0. The quantitative estimate of drug-likeness (QED) is 0.717. The SMILES string of the molecule is CC1=CCC(/C=C/C(C)(C)C(C)O)C1(C)C. The van der Waals surface area contributed by atoms with E-state index in [1.54, 1.807) is 0 Å². The number of hydrogen-bond donors (Lipinski definition) is 1. The normalized spacial score (nSPS) is 27.2. The van der Waals surface area contributed by atoms with Gasteiger partial charge >= 0.3 is 0 Å². The van der Waals surface area contributed by atoms with Crippen LogP contribution in [0.25, 0.3) is 0 Å². The second-order valence-electron chi connectivity index (χ2n) is 6.31. The third-order valence-corrected chi connectivity index (χ3v) is 4.46. The minimum atomic E-state index is -0.303. The van der Waals surface area contributed by atoms with Gasteiger partial charge in [0.1, 0.15) is 0 Å². The molecule has 1 rings (SSSR count). The summed E-state index contributed by atoms with van der Waals surface area (Å²) in [4.78, 5) is 0. The molecule has 1 aliphatic rings. The largest absolute Gasteiger partial charge is 0.393 e. The molecule has 2 atom stereocenters. The van der Waals surface area contributed by atoms with E-state index in [9.17, 15) is 5.11 Å². The minimum Gasteiger partial charge on any atom is -0.393 e. The van der Waals surface area contributed by atoms with Crippen LogP contribution in [0.2, 0.25) is 0 Å². The van der Waals surface area contributed by atoms with E-state index in [0.717, 1.165) is 6.42 Å². The van der Waals surface area contributed by atoms with Gasteiger partial charge in [0.2, 0.25) is 0 Å². The lowest BCUT2D eigenvalue weighted by Gasteiger charge is -2.29. The molecule has 0 aromatic heterocycles. The molecule has 1 aliphatic carbocycles. The molecule has 2 unspecified atom stereocenters. The molecule has 1 N–H and O–H groups in total. The Morgan fingerprint density at radius 3 is 2.44 bits per heavy atom. The van der Waals surface area contributed by atoms with E-state index in [4.69, 9.17) is 0 Å². The average Bonchev–Trinajstić information content (AvgIpc) is 2.39. The Balaban J connectivity index is 2.74. The van der Waals surface area contributed by atoms with Crippen LogP contribution in [0.15, 0.2) is 23.8 Å². The van der Waals surface area contributed by atoms with Gasteiger partial charge in [0.15, 0.2) is 0 Å². The van der Waals surface area contributed by atoms with Gasteiger partial charge in [-0.15, -0.1) is 0 Å². The smallest absolute Gasteiger partial charge is 0.0597 e. The number of allylic oxidation sites excluding steroid dienone is 3. The van der Waals surface area contributed by atoms with Gasteiger partial charge in [-0.2, -0.15) is 0 Å². The van der Waals surface area contributed by atoms with Gasteiger partial charge in [-0.3, -0.25) is 0 Å². The Kier molecular flexibility index (Phi) is 3.69. The van der Waals surface area contributed by atoms with Gasteiger partial charge in [0.05, 0.1) is 6.10 Å². The molecule has 92 valence electrons. The molecule has 0 saturated heterocycles. The molecular formula is C15H26O. The molecule has 0 spiro atoms.